The Kier molecular flexibility index (Phi) is 7.25. The van der Waals surface area contributed by atoms with Crippen molar-refractivity contribution < 1.29 is 32.3 Å². The van der Waals surface area contributed by atoms with Crippen LogP contribution in [0.4, 0.5) is 13.2 Å². The number of amides is 1. The van der Waals surface area contributed by atoms with E-state index in [1.54, 1.807) is 25.1 Å². The first kappa shape index (κ1) is 25.8. The van der Waals surface area contributed by atoms with E-state index in [-0.39, 0.29) is 46.1 Å². The highest BCUT2D eigenvalue weighted by Gasteiger charge is 2.41. The van der Waals surface area contributed by atoms with E-state index in [1.807, 2.05) is 0 Å². The number of halogens is 3. The number of aliphatic hydroxyl groups excluding tert-OH is 1. The van der Waals surface area contributed by atoms with Gasteiger partial charge in [0.25, 0.3) is 5.91 Å². The van der Waals surface area contributed by atoms with Crippen LogP contribution >= 0.6 is 0 Å². The van der Waals surface area contributed by atoms with Crippen molar-refractivity contribution >= 4 is 5.91 Å². The number of para-hydroxylation sites is 1. The zero-order valence-electron chi connectivity index (χ0n) is 20.1. The van der Waals surface area contributed by atoms with Gasteiger partial charge in [-0.15, -0.1) is 0 Å². The van der Waals surface area contributed by atoms with E-state index in [0.717, 1.165) is 6.20 Å². The van der Waals surface area contributed by atoms with E-state index in [0.29, 0.717) is 16.8 Å². The molecule has 4 aromatic rings. The van der Waals surface area contributed by atoms with Crippen molar-refractivity contribution in [2.24, 2.45) is 0 Å². The number of methoxy groups -OCH3 is 1. The quantitative estimate of drug-likeness (QED) is 0.362. The lowest BCUT2D eigenvalue weighted by molar-refractivity contribution is -0.144. The van der Waals surface area contributed by atoms with Gasteiger partial charge in [-0.2, -0.15) is 18.3 Å². The number of benzene rings is 1. The number of carbonyl (C=O) groups excluding carboxylic acids is 1. The third kappa shape index (κ3) is 5.03. The predicted molar refractivity (Wildman–Crippen MR) is 125 cm³/mol. The van der Waals surface area contributed by atoms with E-state index in [4.69, 9.17) is 9.26 Å². The molecule has 0 radical (unpaired) electrons. The van der Waals surface area contributed by atoms with Crippen LogP contribution in [0.5, 0.6) is 5.75 Å². The molecule has 1 amide bonds. The molecule has 4 rings (SSSR count). The molecule has 13 heteroatoms. The number of nitrogens with one attached hydrogen (secondary N) is 1. The van der Waals surface area contributed by atoms with Crippen LogP contribution in [0.3, 0.4) is 0 Å². The fourth-order valence-electron chi connectivity index (χ4n) is 3.95. The van der Waals surface area contributed by atoms with Crippen LogP contribution in [-0.4, -0.2) is 55.7 Å². The maximum atomic E-state index is 14.2. The lowest BCUT2D eigenvalue weighted by Crippen LogP contribution is -2.23. The van der Waals surface area contributed by atoms with Gasteiger partial charge in [0.15, 0.2) is 11.5 Å². The minimum Gasteiger partial charge on any atom is -0.495 e. The third-order valence-corrected chi connectivity index (χ3v) is 5.38. The van der Waals surface area contributed by atoms with Gasteiger partial charge in [-0.05, 0) is 32.0 Å². The molecule has 0 aliphatic carbocycles. The van der Waals surface area contributed by atoms with E-state index in [2.05, 4.69) is 25.5 Å². The van der Waals surface area contributed by atoms with Crippen LogP contribution in [0.1, 0.15) is 29.9 Å². The van der Waals surface area contributed by atoms with Gasteiger partial charge in [0, 0.05) is 18.3 Å². The summed E-state index contributed by atoms with van der Waals surface area (Å²) in [5, 5.41) is 20.3. The number of aromatic nitrogens is 5. The highest BCUT2D eigenvalue weighted by Crippen LogP contribution is 2.46. The molecule has 0 saturated heterocycles. The van der Waals surface area contributed by atoms with Crippen LogP contribution in [0.15, 0.2) is 47.5 Å². The molecule has 3 heterocycles. The Morgan fingerprint density at radius 1 is 1.27 bits per heavy atom. The summed E-state index contributed by atoms with van der Waals surface area (Å²) < 4.78 is 54.3. The highest BCUT2D eigenvalue weighted by atomic mass is 19.4. The van der Waals surface area contributed by atoms with Gasteiger partial charge in [-0.1, -0.05) is 11.2 Å². The van der Waals surface area contributed by atoms with Crippen molar-refractivity contribution in [3.63, 3.8) is 0 Å². The lowest BCUT2D eigenvalue weighted by atomic mass is 9.97. The lowest BCUT2D eigenvalue weighted by Gasteiger charge is -2.14. The fraction of sp³-hybridized carbons (Fsp3) is 0.292. The molecule has 0 spiro atoms. The molecule has 0 aliphatic heterocycles. The Morgan fingerprint density at radius 3 is 2.68 bits per heavy atom. The molecule has 0 aliphatic rings. The summed E-state index contributed by atoms with van der Waals surface area (Å²) in [6, 6.07) is 6.26. The summed E-state index contributed by atoms with van der Waals surface area (Å²) >= 11 is 0. The van der Waals surface area contributed by atoms with Gasteiger partial charge in [0.05, 0.1) is 48.3 Å². The summed E-state index contributed by atoms with van der Waals surface area (Å²) in [5.74, 6) is -0.486. The Bertz CT molecular complexity index is 1400. The molecule has 1 atom stereocenters. The van der Waals surface area contributed by atoms with E-state index in [1.165, 1.54) is 32.6 Å². The second kappa shape index (κ2) is 10.4. The van der Waals surface area contributed by atoms with Crippen molar-refractivity contribution in [2.75, 3.05) is 13.7 Å². The number of hydrogen-bond acceptors (Lipinski definition) is 8. The molecule has 2 N–H and O–H groups in total. The van der Waals surface area contributed by atoms with Crippen molar-refractivity contribution in [3.8, 4) is 39.6 Å². The standard InChI is InChI=1S/C24H23F3N6O4/c1-4-29-23(35)15-7-5-6-14(20(15)36-3)19-18(17-8-9-28-12-30-17)21(37-32-19)16-10-31-33(11-13(2)34)22(16)24(25,26)27/h5-10,12-13,34H,4,11H2,1-3H3,(H,29,35)/t13-/m1/s1. The smallest absolute Gasteiger partial charge is 0.433 e. The minimum atomic E-state index is -4.83. The number of carbonyl (C=O) groups is 1. The number of alkyl halides is 3. The summed E-state index contributed by atoms with van der Waals surface area (Å²) in [6.45, 7) is 3.11. The van der Waals surface area contributed by atoms with Gasteiger partial charge < -0.3 is 19.7 Å². The molecule has 0 fully saturated rings. The second-order valence-electron chi connectivity index (χ2n) is 8.01. The topological polar surface area (TPSA) is 128 Å². The monoisotopic (exact) mass is 516 g/mol. The molecule has 194 valence electrons. The highest BCUT2D eigenvalue weighted by molar-refractivity contribution is 6.01. The van der Waals surface area contributed by atoms with Gasteiger partial charge in [-0.25, -0.2) is 9.97 Å². The maximum absolute atomic E-state index is 14.2. The van der Waals surface area contributed by atoms with Crippen molar-refractivity contribution in [1.82, 2.24) is 30.2 Å². The number of hydrogen-bond donors (Lipinski definition) is 2. The van der Waals surface area contributed by atoms with Gasteiger partial charge in [0.2, 0.25) is 0 Å². The first-order chi connectivity index (χ1) is 17.7. The van der Waals surface area contributed by atoms with Crippen molar-refractivity contribution in [1.29, 1.82) is 0 Å². The largest absolute Gasteiger partial charge is 0.495 e. The Balaban J connectivity index is 2.00. The summed E-state index contributed by atoms with van der Waals surface area (Å²) in [4.78, 5) is 20.7. The zero-order valence-corrected chi connectivity index (χ0v) is 20.1. The SMILES string of the molecule is CCNC(=O)c1cccc(-c2noc(-c3cnn(C[C@@H](C)O)c3C(F)(F)F)c2-c2ccncn2)c1OC. The molecule has 0 saturated carbocycles. The van der Waals surface area contributed by atoms with E-state index in [9.17, 15) is 23.1 Å². The Labute approximate surface area is 209 Å². The van der Waals surface area contributed by atoms with Crippen LogP contribution in [-0.2, 0) is 12.7 Å². The van der Waals surface area contributed by atoms with Crippen molar-refractivity contribution in [3.05, 3.63) is 54.2 Å². The second-order valence-corrected chi connectivity index (χ2v) is 8.01. The van der Waals surface area contributed by atoms with Crippen LogP contribution in [0.25, 0.3) is 33.8 Å². The van der Waals surface area contributed by atoms with Gasteiger partial charge in [-0.3, -0.25) is 9.48 Å². The molecule has 0 bridgehead atoms. The number of rotatable bonds is 8. The summed E-state index contributed by atoms with van der Waals surface area (Å²) in [5.41, 5.74) is -0.540. The van der Waals surface area contributed by atoms with Crippen LogP contribution in [0.2, 0.25) is 0 Å². The molecule has 3 aromatic heterocycles. The Morgan fingerprint density at radius 2 is 2.05 bits per heavy atom. The molecular weight excluding hydrogens is 493 g/mol. The zero-order chi connectivity index (χ0) is 26.7. The number of nitrogens with zero attached hydrogens (tertiary/aromatic N) is 5. The normalized spacial score (nSPS) is 12.4. The maximum Gasteiger partial charge on any atom is 0.433 e. The average molecular weight is 516 g/mol. The third-order valence-electron chi connectivity index (χ3n) is 5.38. The molecular formula is C24H23F3N6O4. The Hall–Kier alpha value is -4.26. The summed E-state index contributed by atoms with van der Waals surface area (Å²) in [7, 11) is 1.37. The fourth-order valence-corrected chi connectivity index (χ4v) is 3.95. The molecule has 0 unspecified atom stereocenters. The van der Waals surface area contributed by atoms with Gasteiger partial charge >= 0.3 is 6.18 Å². The van der Waals surface area contributed by atoms with E-state index >= 15 is 0 Å². The number of aliphatic hydroxyl groups is 1. The van der Waals surface area contributed by atoms with Crippen LogP contribution in [0, 0.1) is 0 Å². The summed E-state index contributed by atoms with van der Waals surface area (Å²) in [6.07, 6.45) is -2.25. The van der Waals surface area contributed by atoms with Crippen molar-refractivity contribution in [2.45, 2.75) is 32.7 Å². The average Bonchev–Trinajstić information content (AvgIpc) is 3.48. The van der Waals surface area contributed by atoms with Crippen LogP contribution < -0.4 is 10.1 Å². The first-order valence-corrected chi connectivity index (χ1v) is 11.2. The first-order valence-electron chi connectivity index (χ1n) is 11.2. The number of ether oxygens (including phenoxy) is 1. The van der Waals surface area contributed by atoms with Gasteiger partial charge in [0.1, 0.15) is 17.8 Å². The molecule has 10 nitrogen and oxygen atoms in total. The van der Waals surface area contributed by atoms with E-state index < -0.39 is 23.9 Å². The molecule has 1 aromatic carbocycles. The minimum absolute atomic E-state index is 0.105. The predicted octanol–water partition coefficient (Wildman–Crippen LogP) is 3.82. The molecule has 37 heavy (non-hydrogen) atoms.